The normalized spacial score (nSPS) is 12.6. The summed E-state index contributed by atoms with van der Waals surface area (Å²) in [5, 5.41) is 10.1. The van der Waals surface area contributed by atoms with E-state index < -0.39 is 71.0 Å². The van der Waals surface area contributed by atoms with Crippen LogP contribution in [0.4, 0.5) is 47.8 Å². The van der Waals surface area contributed by atoms with Crippen LogP contribution in [0.15, 0.2) is 52.3 Å². The van der Waals surface area contributed by atoms with Gasteiger partial charge in [-0.2, -0.15) is 30.7 Å². The lowest BCUT2D eigenvalue weighted by Crippen LogP contribution is -2.49. The molecule has 0 bridgehead atoms. The Balaban J connectivity index is 2.27. The minimum atomic E-state index is -6.64. The van der Waals surface area contributed by atoms with Crippen LogP contribution in [0.2, 0.25) is 0 Å². The summed E-state index contributed by atoms with van der Waals surface area (Å²) in [5.74, 6) is -9.46. The number of hydrogen-bond donors (Lipinski definition) is 2. The average Bonchev–Trinajstić information content (AvgIpc) is 2.73. The van der Waals surface area contributed by atoms with E-state index in [2.05, 4.69) is 10.6 Å². The fraction of sp³-hybridized carbons (Fsp3) is 0.263. The fourth-order valence-electron chi connectivity index (χ4n) is 2.63. The predicted molar refractivity (Wildman–Crippen MR) is 116 cm³/mol. The van der Waals surface area contributed by atoms with Crippen molar-refractivity contribution >= 4 is 50.5 Å². The lowest BCUT2D eigenvalue weighted by Gasteiger charge is -2.27. The van der Waals surface area contributed by atoms with Gasteiger partial charge in [-0.1, -0.05) is 0 Å². The smallest absolute Gasteiger partial charge is 0.326 e. The Morgan fingerprint density at radius 2 is 1.46 bits per heavy atom. The third-order valence-corrected chi connectivity index (χ3v) is 6.90. The highest BCUT2D eigenvalue weighted by atomic mass is 32.2. The van der Waals surface area contributed by atoms with Gasteiger partial charge < -0.3 is 10.6 Å². The van der Waals surface area contributed by atoms with Gasteiger partial charge in [0, 0.05) is 29.3 Å². The van der Waals surface area contributed by atoms with Gasteiger partial charge in [0.2, 0.25) is 11.8 Å². The van der Waals surface area contributed by atoms with Crippen LogP contribution < -0.4 is 10.6 Å². The summed E-state index contributed by atoms with van der Waals surface area (Å²) in [7, 11) is -4.83. The number of thioether (sulfide) groups is 1. The molecular weight excluding hydrogens is 563 g/mol. The molecule has 2 aromatic carbocycles. The minimum absolute atomic E-state index is 0.0726. The average molecular weight is 577 g/mol. The maximum Gasteiger partial charge on any atom is 0.460 e. The number of carbonyl (C=O) groups is 2. The molecule has 0 aliphatic carbocycles. The summed E-state index contributed by atoms with van der Waals surface area (Å²) in [6.07, 6.45) is -6.64. The van der Waals surface area contributed by atoms with E-state index in [0.717, 1.165) is 0 Å². The molecule has 0 unspecified atom stereocenters. The molecule has 0 radical (unpaired) electrons. The molecule has 0 aromatic heterocycles. The zero-order valence-electron chi connectivity index (χ0n) is 18.1. The lowest BCUT2D eigenvalue weighted by molar-refractivity contribution is -0.388. The number of rotatable bonds is 9. The first kappa shape index (κ1) is 29.8. The molecule has 2 N–H and O–H groups in total. The third-order valence-electron chi connectivity index (χ3n) is 4.24. The molecule has 0 heterocycles. The predicted octanol–water partition coefficient (Wildman–Crippen LogP) is 4.85. The summed E-state index contributed by atoms with van der Waals surface area (Å²) in [4.78, 5) is 30.8. The van der Waals surface area contributed by atoms with Crippen molar-refractivity contribution in [1.29, 1.82) is 0 Å². The van der Waals surface area contributed by atoms with Gasteiger partial charge in [0.05, 0.1) is 4.92 Å². The van der Waals surface area contributed by atoms with E-state index in [-0.39, 0.29) is 17.7 Å². The Hall–Kier alpha value is -3.41. The van der Waals surface area contributed by atoms with Gasteiger partial charge in [0.1, 0.15) is 10.6 Å². The fourth-order valence-corrected chi connectivity index (χ4v) is 4.78. The molecule has 18 heteroatoms. The van der Waals surface area contributed by atoms with Crippen LogP contribution in [0.5, 0.6) is 0 Å². The van der Waals surface area contributed by atoms with Crippen LogP contribution in [0.1, 0.15) is 6.92 Å². The zero-order valence-corrected chi connectivity index (χ0v) is 19.7. The van der Waals surface area contributed by atoms with Gasteiger partial charge in [-0.05, 0) is 48.2 Å². The molecule has 2 rings (SSSR count). The standard InChI is InChI=1S/C19H14F7N3O6S2/c1-10(30)27-11-2-4-12(5-3-11)28-16(31)9-37(34,35)15-7-6-13(8-14(15)29(32)33)36-19(25,26)17(20,21)18(22,23)24/h2-8H,9H2,1H3,(H,27,30)(H,28,31). The van der Waals surface area contributed by atoms with E-state index in [9.17, 15) is 58.9 Å². The van der Waals surface area contributed by atoms with Gasteiger partial charge in [0.15, 0.2) is 9.84 Å². The third kappa shape index (κ3) is 7.09. The number of sulfone groups is 1. The summed E-state index contributed by atoms with van der Waals surface area (Å²) in [6, 6.07) is 6.10. The summed E-state index contributed by atoms with van der Waals surface area (Å²) in [5.41, 5.74) is -1.00. The number of nitrogens with one attached hydrogen (secondary N) is 2. The molecule has 37 heavy (non-hydrogen) atoms. The Bertz CT molecular complexity index is 1320. The number of alkyl halides is 7. The first-order valence-electron chi connectivity index (χ1n) is 9.47. The Morgan fingerprint density at radius 3 is 1.92 bits per heavy atom. The van der Waals surface area contributed by atoms with Crippen LogP contribution in [0.3, 0.4) is 0 Å². The molecule has 9 nitrogen and oxygen atoms in total. The SMILES string of the molecule is CC(=O)Nc1ccc(NC(=O)CS(=O)(=O)c2ccc(SC(F)(F)C(F)(F)C(F)(F)F)cc2[N+](=O)[O-])cc1. The van der Waals surface area contributed by atoms with E-state index in [4.69, 9.17) is 0 Å². The number of nitro benzene ring substituents is 1. The number of anilines is 2. The highest BCUT2D eigenvalue weighted by Crippen LogP contribution is 2.54. The van der Waals surface area contributed by atoms with Gasteiger partial charge in [-0.3, -0.25) is 19.7 Å². The van der Waals surface area contributed by atoms with E-state index in [0.29, 0.717) is 17.8 Å². The molecule has 0 aliphatic heterocycles. The number of halogens is 7. The number of benzene rings is 2. The molecule has 2 amide bonds. The van der Waals surface area contributed by atoms with Crippen molar-refractivity contribution < 1.29 is 53.7 Å². The Labute approximate surface area is 207 Å². The van der Waals surface area contributed by atoms with Crippen molar-refractivity contribution in [2.24, 2.45) is 0 Å². The van der Waals surface area contributed by atoms with Crippen molar-refractivity contribution in [2.45, 2.75) is 34.1 Å². The molecule has 0 saturated heterocycles. The van der Waals surface area contributed by atoms with Crippen LogP contribution in [-0.2, 0) is 19.4 Å². The lowest BCUT2D eigenvalue weighted by atomic mass is 10.3. The van der Waals surface area contributed by atoms with E-state index in [1.165, 1.54) is 31.2 Å². The van der Waals surface area contributed by atoms with Crippen molar-refractivity contribution in [1.82, 2.24) is 0 Å². The highest BCUT2D eigenvalue weighted by Gasteiger charge is 2.73. The zero-order chi connectivity index (χ0) is 28.4. The first-order valence-corrected chi connectivity index (χ1v) is 11.9. The molecule has 0 saturated carbocycles. The van der Waals surface area contributed by atoms with E-state index in [1.54, 1.807) is 0 Å². The van der Waals surface area contributed by atoms with E-state index >= 15 is 0 Å². The quantitative estimate of drug-likeness (QED) is 0.188. The highest BCUT2D eigenvalue weighted by molar-refractivity contribution is 8.00. The minimum Gasteiger partial charge on any atom is -0.326 e. The monoisotopic (exact) mass is 577 g/mol. The largest absolute Gasteiger partial charge is 0.460 e. The summed E-state index contributed by atoms with van der Waals surface area (Å²) >= 11 is -1.36. The second-order valence-electron chi connectivity index (χ2n) is 7.14. The van der Waals surface area contributed by atoms with Gasteiger partial charge >= 0.3 is 17.4 Å². The van der Waals surface area contributed by atoms with Crippen LogP contribution in [0, 0.1) is 10.1 Å². The summed E-state index contributed by atoms with van der Waals surface area (Å²) in [6.45, 7) is 1.24. The maximum atomic E-state index is 13.6. The number of nitro groups is 1. The van der Waals surface area contributed by atoms with Gasteiger partial charge in [0.25, 0.3) is 5.69 Å². The molecule has 202 valence electrons. The van der Waals surface area contributed by atoms with Crippen LogP contribution in [-0.4, -0.2) is 48.3 Å². The van der Waals surface area contributed by atoms with Gasteiger partial charge in [-0.25, -0.2) is 8.42 Å². The molecular formula is C19H14F7N3O6S2. The molecule has 0 aliphatic rings. The number of carbonyl (C=O) groups excluding carboxylic acids is 2. The number of amides is 2. The van der Waals surface area contributed by atoms with Crippen molar-refractivity contribution in [3.05, 3.63) is 52.6 Å². The van der Waals surface area contributed by atoms with Crippen molar-refractivity contribution in [3.63, 3.8) is 0 Å². The van der Waals surface area contributed by atoms with Gasteiger partial charge in [-0.15, -0.1) is 0 Å². The van der Waals surface area contributed by atoms with Crippen molar-refractivity contribution in [3.8, 4) is 0 Å². The molecule has 2 aromatic rings. The topological polar surface area (TPSA) is 135 Å². The Kier molecular flexibility index (Phi) is 8.48. The maximum absolute atomic E-state index is 13.6. The molecule has 0 spiro atoms. The number of nitrogens with zero attached hydrogens (tertiary/aromatic N) is 1. The van der Waals surface area contributed by atoms with Crippen molar-refractivity contribution in [2.75, 3.05) is 16.4 Å². The first-order chi connectivity index (χ1) is 16.8. The molecule has 0 fully saturated rings. The second kappa shape index (κ2) is 10.5. The second-order valence-corrected chi connectivity index (χ2v) is 10.3. The van der Waals surface area contributed by atoms with E-state index in [1.807, 2.05) is 0 Å². The Morgan fingerprint density at radius 1 is 0.946 bits per heavy atom. The van der Waals surface area contributed by atoms with Crippen LogP contribution in [0.25, 0.3) is 0 Å². The molecule has 0 atom stereocenters. The summed E-state index contributed by atoms with van der Waals surface area (Å²) < 4.78 is 116. The van der Waals surface area contributed by atoms with Crippen LogP contribution >= 0.6 is 11.8 Å². The number of hydrogen-bond acceptors (Lipinski definition) is 7.